The summed E-state index contributed by atoms with van der Waals surface area (Å²) in [4.78, 5) is 4.40. The van der Waals surface area contributed by atoms with Gasteiger partial charge in [0, 0.05) is 6.21 Å². The van der Waals surface area contributed by atoms with Gasteiger partial charge in [0.2, 0.25) is 0 Å². The number of hydrogen-bond acceptors (Lipinski definition) is 2. The maximum Gasteiger partial charge on any atom is 0.101 e. The average Bonchev–Trinajstić information content (AvgIpc) is 2.46. The summed E-state index contributed by atoms with van der Waals surface area (Å²) < 4.78 is 0. The van der Waals surface area contributed by atoms with E-state index in [2.05, 4.69) is 4.99 Å². The lowest BCUT2D eigenvalue weighted by atomic mass is 10.0. The molecule has 0 radical (unpaired) electrons. The first-order valence-corrected chi connectivity index (χ1v) is 6.08. The highest BCUT2D eigenvalue weighted by Crippen LogP contribution is 2.18. The predicted octanol–water partition coefficient (Wildman–Crippen LogP) is 3.23. The van der Waals surface area contributed by atoms with E-state index in [1.165, 1.54) is 0 Å². The molecule has 1 N–H and O–H groups in total. The third-order valence-corrected chi connectivity index (χ3v) is 2.86. The lowest BCUT2D eigenvalue weighted by Crippen LogP contribution is -2.12. The van der Waals surface area contributed by atoms with E-state index in [-0.39, 0.29) is 6.04 Å². The number of nitrogens with zero attached hydrogens (tertiary/aromatic N) is 1. The minimum atomic E-state index is -0.564. The van der Waals surface area contributed by atoms with Gasteiger partial charge in [-0.25, -0.2) is 0 Å². The molecular formula is C16H17NO. The van der Waals surface area contributed by atoms with Crippen LogP contribution in [-0.4, -0.2) is 17.4 Å². The molecule has 18 heavy (non-hydrogen) atoms. The number of aliphatic hydroxyl groups excluding tert-OH is 1. The Labute approximate surface area is 108 Å². The maximum absolute atomic E-state index is 10.2. The van der Waals surface area contributed by atoms with Crippen molar-refractivity contribution in [2.45, 2.75) is 19.1 Å². The van der Waals surface area contributed by atoms with Gasteiger partial charge < -0.3 is 5.11 Å². The molecule has 0 heterocycles. The van der Waals surface area contributed by atoms with E-state index in [1.54, 1.807) is 6.21 Å². The lowest BCUT2D eigenvalue weighted by molar-refractivity contribution is 0.154. The molecule has 0 amide bonds. The fourth-order valence-corrected chi connectivity index (χ4v) is 1.75. The highest BCUT2D eigenvalue weighted by molar-refractivity contribution is 5.79. The summed E-state index contributed by atoms with van der Waals surface area (Å²) in [5.41, 5.74) is 1.94. The van der Waals surface area contributed by atoms with Crippen molar-refractivity contribution in [3.63, 3.8) is 0 Å². The second-order valence-corrected chi connectivity index (χ2v) is 4.28. The average molecular weight is 239 g/mol. The Hall–Kier alpha value is -1.93. The molecule has 2 aromatic carbocycles. The molecule has 2 nitrogen and oxygen atoms in total. The number of benzene rings is 2. The summed E-state index contributed by atoms with van der Waals surface area (Å²) in [6, 6.07) is 19.4. The Kier molecular flexibility index (Phi) is 4.26. The molecule has 0 aliphatic rings. The van der Waals surface area contributed by atoms with Crippen molar-refractivity contribution in [1.82, 2.24) is 0 Å². The van der Waals surface area contributed by atoms with Crippen LogP contribution >= 0.6 is 0 Å². The molecule has 0 saturated heterocycles. The quantitative estimate of drug-likeness (QED) is 0.816. The molecule has 0 aromatic heterocycles. The fraction of sp³-hybridized carbons (Fsp3) is 0.188. The molecule has 0 saturated carbocycles. The summed E-state index contributed by atoms with van der Waals surface area (Å²) in [6.45, 7) is 1.91. The molecule has 2 atom stereocenters. The minimum Gasteiger partial charge on any atom is -0.386 e. The van der Waals surface area contributed by atoms with E-state index in [4.69, 9.17) is 0 Å². The first-order valence-electron chi connectivity index (χ1n) is 6.08. The molecule has 2 aromatic rings. The normalized spacial score (nSPS) is 14.6. The van der Waals surface area contributed by atoms with Crippen LogP contribution in [0.5, 0.6) is 0 Å². The topological polar surface area (TPSA) is 32.6 Å². The highest BCUT2D eigenvalue weighted by atomic mass is 16.3. The SMILES string of the molecule is C[C@H](N=Cc1ccccc1)[C@@H](O)c1ccccc1. The zero-order valence-electron chi connectivity index (χ0n) is 10.4. The predicted molar refractivity (Wildman–Crippen MR) is 74.9 cm³/mol. The van der Waals surface area contributed by atoms with Gasteiger partial charge in [0.15, 0.2) is 0 Å². The van der Waals surface area contributed by atoms with Crippen molar-refractivity contribution < 1.29 is 5.11 Å². The number of hydrogen-bond donors (Lipinski definition) is 1. The van der Waals surface area contributed by atoms with Crippen molar-refractivity contribution >= 4 is 6.21 Å². The second-order valence-electron chi connectivity index (χ2n) is 4.28. The first-order chi connectivity index (χ1) is 8.77. The van der Waals surface area contributed by atoms with Crippen LogP contribution in [0.25, 0.3) is 0 Å². The fourth-order valence-electron chi connectivity index (χ4n) is 1.75. The maximum atomic E-state index is 10.2. The molecular weight excluding hydrogens is 222 g/mol. The van der Waals surface area contributed by atoms with Crippen LogP contribution in [0.4, 0.5) is 0 Å². The Balaban J connectivity index is 2.04. The Bertz CT molecular complexity index is 493. The molecule has 2 rings (SSSR count). The zero-order chi connectivity index (χ0) is 12.8. The summed E-state index contributed by atoms with van der Waals surface area (Å²) in [7, 11) is 0. The Morgan fingerprint density at radius 2 is 1.50 bits per heavy atom. The smallest absolute Gasteiger partial charge is 0.101 e. The van der Waals surface area contributed by atoms with E-state index in [1.807, 2.05) is 67.6 Å². The van der Waals surface area contributed by atoms with Gasteiger partial charge in [-0.1, -0.05) is 60.7 Å². The third kappa shape index (κ3) is 3.28. The van der Waals surface area contributed by atoms with Crippen LogP contribution in [0.3, 0.4) is 0 Å². The van der Waals surface area contributed by atoms with E-state index in [9.17, 15) is 5.11 Å². The van der Waals surface area contributed by atoms with Gasteiger partial charge in [-0.2, -0.15) is 0 Å². The van der Waals surface area contributed by atoms with Gasteiger partial charge in [-0.05, 0) is 18.1 Å². The monoisotopic (exact) mass is 239 g/mol. The zero-order valence-corrected chi connectivity index (χ0v) is 10.4. The van der Waals surface area contributed by atoms with Crippen LogP contribution in [0, 0.1) is 0 Å². The van der Waals surface area contributed by atoms with Crippen molar-refractivity contribution in [1.29, 1.82) is 0 Å². The van der Waals surface area contributed by atoms with Gasteiger partial charge in [-0.3, -0.25) is 4.99 Å². The molecule has 0 aliphatic heterocycles. The van der Waals surface area contributed by atoms with Gasteiger partial charge in [-0.15, -0.1) is 0 Å². The largest absolute Gasteiger partial charge is 0.386 e. The second kappa shape index (κ2) is 6.12. The third-order valence-electron chi connectivity index (χ3n) is 2.86. The van der Waals surface area contributed by atoms with Crippen molar-refractivity contribution in [3.05, 3.63) is 71.8 Å². The van der Waals surface area contributed by atoms with Crippen molar-refractivity contribution in [2.75, 3.05) is 0 Å². The van der Waals surface area contributed by atoms with Gasteiger partial charge in [0.25, 0.3) is 0 Å². The van der Waals surface area contributed by atoms with Crippen molar-refractivity contribution in [2.24, 2.45) is 4.99 Å². The van der Waals surface area contributed by atoms with E-state index in [0.29, 0.717) is 0 Å². The van der Waals surface area contributed by atoms with Gasteiger partial charge >= 0.3 is 0 Å². The van der Waals surface area contributed by atoms with E-state index in [0.717, 1.165) is 11.1 Å². The minimum absolute atomic E-state index is 0.160. The van der Waals surface area contributed by atoms with Gasteiger partial charge in [0.05, 0.1) is 6.04 Å². The van der Waals surface area contributed by atoms with Crippen LogP contribution in [0.15, 0.2) is 65.7 Å². The molecule has 2 heteroatoms. The van der Waals surface area contributed by atoms with Crippen LogP contribution < -0.4 is 0 Å². The summed E-state index contributed by atoms with van der Waals surface area (Å²) in [6.07, 6.45) is 1.24. The van der Waals surface area contributed by atoms with Crippen LogP contribution in [0.1, 0.15) is 24.2 Å². The first kappa shape index (κ1) is 12.5. The Morgan fingerprint density at radius 1 is 0.944 bits per heavy atom. The Morgan fingerprint density at radius 3 is 2.11 bits per heavy atom. The molecule has 0 fully saturated rings. The molecule has 92 valence electrons. The molecule has 0 spiro atoms. The van der Waals surface area contributed by atoms with Crippen molar-refractivity contribution in [3.8, 4) is 0 Å². The van der Waals surface area contributed by atoms with Gasteiger partial charge in [0.1, 0.15) is 6.10 Å². The number of rotatable bonds is 4. The summed E-state index contributed by atoms with van der Waals surface area (Å²) in [5, 5.41) is 10.2. The van der Waals surface area contributed by atoms with Crippen LogP contribution in [-0.2, 0) is 0 Å². The number of aliphatic imine (C=N–C) groups is 1. The highest BCUT2D eigenvalue weighted by Gasteiger charge is 2.13. The molecule has 0 bridgehead atoms. The summed E-state index contributed by atoms with van der Waals surface area (Å²) >= 11 is 0. The van der Waals surface area contributed by atoms with E-state index >= 15 is 0 Å². The molecule has 0 unspecified atom stereocenters. The standard InChI is InChI=1S/C16H17NO/c1-13(16(18)15-10-6-3-7-11-15)17-12-14-8-4-2-5-9-14/h2-13,16,18H,1H3/t13-,16+/m0/s1. The number of aliphatic hydroxyl groups is 1. The van der Waals surface area contributed by atoms with Crippen LogP contribution in [0.2, 0.25) is 0 Å². The van der Waals surface area contributed by atoms with E-state index < -0.39 is 6.10 Å². The lowest BCUT2D eigenvalue weighted by Gasteiger charge is -2.15. The summed E-state index contributed by atoms with van der Waals surface area (Å²) in [5.74, 6) is 0. The molecule has 0 aliphatic carbocycles.